The Hall–Kier alpha value is -1.06. The highest BCUT2D eigenvalue weighted by Crippen LogP contribution is 2.40. The van der Waals surface area contributed by atoms with Crippen molar-refractivity contribution in [2.75, 3.05) is 13.1 Å². The van der Waals surface area contributed by atoms with Crippen LogP contribution >= 0.6 is 0 Å². The van der Waals surface area contributed by atoms with Gasteiger partial charge < -0.3 is 10.0 Å². The van der Waals surface area contributed by atoms with Crippen molar-refractivity contribution in [2.45, 2.75) is 32.6 Å². The van der Waals surface area contributed by atoms with Crippen molar-refractivity contribution in [2.24, 2.45) is 17.8 Å². The van der Waals surface area contributed by atoms with Crippen LogP contribution in [0.3, 0.4) is 0 Å². The summed E-state index contributed by atoms with van der Waals surface area (Å²) in [5.41, 5.74) is 0. The number of carboxylic acid groups (broad SMARTS) is 1. The van der Waals surface area contributed by atoms with Crippen molar-refractivity contribution in [1.29, 1.82) is 0 Å². The van der Waals surface area contributed by atoms with E-state index in [4.69, 9.17) is 5.11 Å². The van der Waals surface area contributed by atoms with E-state index in [1.165, 1.54) is 6.42 Å². The van der Waals surface area contributed by atoms with Crippen molar-refractivity contribution in [3.8, 4) is 0 Å². The minimum Gasteiger partial charge on any atom is -0.481 e. The van der Waals surface area contributed by atoms with Gasteiger partial charge in [0, 0.05) is 13.1 Å². The number of piperidine rings is 1. The highest BCUT2D eigenvalue weighted by atomic mass is 16.4. The monoisotopic (exact) mass is 225 g/mol. The highest BCUT2D eigenvalue weighted by Gasteiger charge is 2.49. The molecule has 1 amide bonds. The van der Waals surface area contributed by atoms with E-state index in [1.807, 2.05) is 4.90 Å². The molecule has 2 rings (SSSR count). The molecule has 0 aromatic heterocycles. The van der Waals surface area contributed by atoms with Crippen LogP contribution in [0.25, 0.3) is 0 Å². The fourth-order valence-corrected chi connectivity index (χ4v) is 2.54. The minimum atomic E-state index is -0.818. The van der Waals surface area contributed by atoms with Gasteiger partial charge in [0.1, 0.15) is 0 Å². The fraction of sp³-hybridized carbons (Fsp3) is 0.833. The van der Waals surface area contributed by atoms with Crippen molar-refractivity contribution in [3.63, 3.8) is 0 Å². The van der Waals surface area contributed by atoms with Gasteiger partial charge in [0.2, 0.25) is 5.91 Å². The molecule has 0 bridgehead atoms. The number of carbonyl (C=O) groups is 2. The second-order valence-electron chi connectivity index (χ2n) is 4.96. The summed E-state index contributed by atoms with van der Waals surface area (Å²) in [4.78, 5) is 24.5. The molecule has 1 heterocycles. The number of carbonyl (C=O) groups excluding carboxylic acids is 1. The molecule has 0 aromatic rings. The number of likely N-dealkylation sites (tertiary alicyclic amines) is 1. The van der Waals surface area contributed by atoms with E-state index in [0.29, 0.717) is 6.42 Å². The van der Waals surface area contributed by atoms with Crippen LogP contribution in [0.1, 0.15) is 32.6 Å². The quantitative estimate of drug-likeness (QED) is 0.789. The van der Waals surface area contributed by atoms with Crippen molar-refractivity contribution < 1.29 is 14.7 Å². The van der Waals surface area contributed by atoms with E-state index in [2.05, 4.69) is 6.92 Å². The Morgan fingerprint density at radius 1 is 1.25 bits per heavy atom. The summed E-state index contributed by atoms with van der Waals surface area (Å²) in [5.74, 6) is -0.630. The van der Waals surface area contributed by atoms with Gasteiger partial charge >= 0.3 is 5.97 Å². The van der Waals surface area contributed by atoms with E-state index in [9.17, 15) is 9.59 Å². The van der Waals surface area contributed by atoms with Crippen LogP contribution in [0.15, 0.2) is 0 Å². The molecule has 2 aliphatic rings. The average molecular weight is 225 g/mol. The maximum Gasteiger partial charge on any atom is 0.307 e. The summed E-state index contributed by atoms with van der Waals surface area (Å²) in [6.45, 7) is 3.82. The molecule has 2 atom stereocenters. The summed E-state index contributed by atoms with van der Waals surface area (Å²) in [7, 11) is 0. The molecule has 2 fully saturated rings. The van der Waals surface area contributed by atoms with Gasteiger partial charge in [0.25, 0.3) is 0 Å². The fourth-order valence-electron chi connectivity index (χ4n) is 2.54. The first-order valence-corrected chi connectivity index (χ1v) is 6.15. The van der Waals surface area contributed by atoms with Crippen molar-refractivity contribution >= 4 is 11.9 Å². The maximum atomic E-state index is 11.9. The molecule has 90 valence electrons. The number of aliphatic carboxylic acids is 1. The molecule has 0 radical (unpaired) electrons. The smallest absolute Gasteiger partial charge is 0.307 e. The van der Waals surface area contributed by atoms with Crippen molar-refractivity contribution in [3.05, 3.63) is 0 Å². The lowest BCUT2D eigenvalue weighted by atomic mass is 9.94. The van der Waals surface area contributed by atoms with Gasteiger partial charge in [-0.15, -0.1) is 0 Å². The Kier molecular flexibility index (Phi) is 3.17. The summed E-state index contributed by atoms with van der Waals surface area (Å²) in [6, 6.07) is 0. The van der Waals surface area contributed by atoms with Crippen LogP contribution in [0.5, 0.6) is 0 Å². The molecule has 1 N–H and O–H groups in total. The Bertz CT molecular complexity index is 295. The third kappa shape index (κ3) is 2.20. The molecule has 0 spiro atoms. The number of hydrogen-bond donors (Lipinski definition) is 1. The third-order valence-corrected chi connectivity index (χ3v) is 3.93. The van der Waals surface area contributed by atoms with Crippen LogP contribution in [-0.4, -0.2) is 35.0 Å². The first-order chi connectivity index (χ1) is 7.63. The molecule has 1 saturated heterocycles. The number of carboxylic acids is 1. The Morgan fingerprint density at radius 3 is 2.31 bits per heavy atom. The number of nitrogens with zero attached hydrogens (tertiary/aromatic N) is 1. The minimum absolute atomic E-state index is 0.0713. The lowest BCUT2D eigenvalue weighted by molar-refractivity contribution is -0.142. The van der Waals surface area contributed by atoms with E-state index in [-0.39, 0.29) is 11.8 Å². The summed E-state index contributed by atoms with van der Waals surface area (Å²) in [5, 5.41) is 8.78. The largest absolute Gasteiger partial charge is 0.481 e. The van der Waals surface area contributed by atoms with Gasteiger partial charge in [-0.25, -0.2) is 0 Å². The van der Waals surface area contributed by atoms with Crippen molar-refractivity contribution in [1.82, 2.24) is 4.90 Å². The second-order valence-corrected chi connectivity index (χ2v) is 4.96. The molecular weight excluding hydrogens is 206 g/mol. The van der Waals surface area contributed by atoms with Crippen LogP contribution in [-0.2, 0) is 9.59 Å². The summed E-state index contributed by atoms with van der Waals surface area (Å²) < 4.78 is 0. The number of rotatable bonds is 3. The lowest BCUT2D eigenvalue weighted by Crippen LogP contribution is -2.39. The van der Waals surface area contributed by atoms with E-state index < -0.39 is 11.9 Å². The van der Waals surface area contributed by atoms with Gasteiger partial charge in [-0.2, -0.15) is 0 Å². The molecule has 1 aliphatic heterocycles. The van der Waals surface area contributed by atoms with Gasteiger partial charge in [-0.1, -0.05) is 13.3 Å². The molecule has 4 heteroatoms. The van der Waals surface area contributed by atoms with Gasteiger partial charge in [0.05, 0.1) is 11.8 Å². The lowest BCUT2D eigenvalue weighted by Gasteiger charge is -2.31. The van der Waals surface area contributed by atoms with Gasteiger partial charge in [-0.3, -0.25) is 9.59 Å². The predicted molar refractivity (Wildman–Crippen MR) is 58.8 cm³/mol. The molecule has 1 saturated carbocycles. The van der Waals surface area contributed by atoms with Crippen LogP contribution in [0, 0.1) is 17.8 Å². The SMILES string of the molecule is CCC1CCN(C(=O)C2CC2C(=O)O)CC1. The molecule has 4 nitrogen and oxygen atoms in total. The average Bonchev–Trinajstić information content (AvgIpc) is 3.08. The normalized spacial score (nSPS) is 30.2. The van der Waals surface area contributed by atoms with Crippen LogP contribution in [0.4, 0.5) is 0 Å². The second kappa shape index (κ2) is 4.44. The predicted octanol–water partition coefficient (Wildman–Crippen LogP) is 1.36. The van der Waals surface area contributed by atoms with E-state index >= 15 is 0 Å². The molecule has 2 unspecified atom stereocenters. The summed E-state index contributed by atoms with van der Waals surface area (Å²) >= 11 is 0. The molecule has 0 aromatic carbocycles. The third-order valence-electron chi connectivity index (χ3n) is 3.93. The summed E-state index contributed by atoms with van der Waals surface area (Å²) in [6.07, 6.45) is 3.88. The van der Waals surface area contributed by atoms with Crippen LogP contribution < -0.4 is 0 Å². The zero-order chi connectivity index (χ0) is 11.7. The first kappa shape index (κ1) is 11.4. The maximum absolute atomic E-state index is 11.9. The van der Waals surface area contributed by atoms with E-state index in [1.54, 1.807) is 0 Å². The Labute approximate surface area is 95.6 Å². The van der Waals surface area contributed by atoms with Crippen LogP contribution in [0.2, 0.25) is 0 Å². The highest BCUT2D eigenvalue weighted by molar-refractivity contribution is 5.89. The van der Waals surface area contributed by atoms with Gasteiger partial charge in [-0.05, 0) is 25.2 Å². The van der Waals surface area contributed by atoms with Gasteiger partial charge in [0.15, 0.2) is 0 Å². The number of hydrogen-bond acceptors (Lipinski definition) is 2. The van der Waals surface area contributed by atoms with E-state index in [0.717, 1.165) is 31.8 Å². The Balaban J connectivity index is 1.82. The topological polar surface area (TPSA) is 57.6 Å². The Morgan fingerprint density at radius 2 is 1.88 bits per heavy atom. The molecule has 16 heavy (non-hydrogen) atoms. The molecule has 1 aliphatic carbocycles. The zero-order valence-electron chi connectivity index (χ0n) is 9.69. The first-order valence-electron chi connectivity index (χ1n) is 6.15. The zero-order valence-corrected chi connectivity index (χ0v) is 9.69. The molecular formula is C12H19NO3. The standard InChI is InChI=1S/C12H19NO3/c1-2-8-3-5-13(6-4-8)11(14)9-7-10(9)12(15)16/h8-10H,2-7H2,1H3,(H,15,16). The number of amides is 1.